The van der Waals surface area contributed by atoms with Crippen molar-refractivity contribution in [3.05, 3.63) is 34.4 Å². The van der Waals surface area contributed by atoms with Crippen molar-refractivity contribution in [2.24, 2.45) is 0 Å². The Morgan fingerprint density at radius 2 is 1.95 bits per heavy atom. The van der Waals surface area contributed by atoms with Gasteiger partial charge in [0.15, 0.2) is 0 Å². The molecular formula is C13H17N3O5. The second-order valence-electron chi connectivity index (χ2n) is 4.94. The first-order valence-corrected chi connectivity index (χ1v) is 6.15. The number of nitrogens with one attached hydrogen (secondary N) is 1. The van der Waals surface area contributed by atoms with E-state index in [0.717, 1.165) is 4.90 Å². The topological polar surface area (TPSA) is 113 Å². The van der Waals surface area contributed by atoms with E-state index in [1.807, 2.05) is 0 Å². The SMILES string of the molecule is CN(C(=O)CNc1ccccc1[N+](=O)[O-])C(C)(C)C(=O)O. The zero-order valence-electron chi connectivity index (χ0n) is 12.0. The van der Waals surface area contributed by atoms with E-state index in [4.69, 9.17) is 5.11 Å². The highest BCUT2D eigenvalue weighted by atomic mass is 16.6. The predicted octanol–water partition coefficient (Wildman–Crippen LogP) is 1.33. The van der Waals surface area contributed by atoms with Crippen LogP contribution < -0.4 is 5.32 Å². The van der Waals surface area contributed by atoms with E-state index in [1.165, 1.54) is 39.1 Å². The van der Waals surface area contributed by atoms with Crippen LogP contribution in [0, 0.1) is 10.1 Å². The number of carboxylic acids is 1. The first-order valence-electron chi connectivity index (χ1n) is 6.15. The van der Waals surface area contributed by atoms with Gasteiger partial charge in [-0.2, -0.15) is 0 Å². The van der Waals surface area contributed by atoms with Crippen LogP contribution in [0.4, 0.5) is 11.4 Å². The molecule has 0 bridgehead atoms. The Morgan fingerprint density at radius 1 is 1.38 bits per heavy atom. The van der Waals surface area contributed by atoms with E-state index < -0.39 is 22.3 Å². The Hall–Kier alpha value is -2.64. The zero-order chi connectivity index (χ0) is 16.2. The van der Waals surface area contributed by atoms with Crippen molar-refractivity contribution in [1.82, 2.24) is 4.90 Å². The summed E-state index contributed by atoms with van der Waals surface area (Å²) in [6, 6.07) is 5.92. The summed E-state index contributed by atoms with van der Waals surface area (Å²) in [6.45, 7) is 2.56. The lowest BCUT2D eigenvalue weighted by Gasteiger charge is -2.31. The molecule has 1 aromatic rings. The van der Waals surface area contributed by atoms with E-state index in [9.17, 15) is 19.7 Å². The smallest absolute Gasteiger partial charge is 0.329 e. The van der Waals surface area contributed by atoms with Crippen molar-refractivity contribution in [2.75, 3.05) is 18.9 Å². The number of nitro benzene ring substituents is 1. The van der Waals surface area contributed by atoms with E-state index >= 15 is 0 Å². The molecule has 114 valence electrons. The molecule has 0 aliphatic rings. The number of hydrogen-bond donors (Lipinski definition) is 2. The molecule has 2 N–H and O–H groups in total. The predicted molar refractivity (Wildman–Crippen MR) is 76.1 cm³/mol. The standard InChI is InChI=1S/C13H17N3O5/c1-13(2,12(18)19)15(3)11(17)8-14-9-6-4-5-7-10(9)16(20)21/h4-7,14H,8H2,1-3H3,(H,18,19). The van der Waals surface area contributed by atoms with E-state index in [1.54, 1.807) is 6.07 Å². The minimum absolute atomic E-state index is 0.148. The van der Waals surface area contributed by atoms with Crippen molar-refractivity contribution in [3.8, 4) is 0 Å². The maximum atomic E-state index is 12.0. The van der Waals surface area contributed by atoms with Gasteiger partial charge in [0.25, 0.3) is 5.69 Å². The summed E-state index contributed by atoms with van der Waals surface area (Å²) >= 11 is 0. The highest BCUT2D eigenvalue weighted by Crippen LogP contribution is 2.23. The van der Waals surface area contributed by atoms with Gasteiger partial charge in [0.05, 0.1) is 11.5 Å². The molecule has 0 unspecified atom stereocenters. The summed E-state index contributed by atoms with van der Waals surface area (Å²) in [7, 11) is 1.37. The van der Waals surface area contributed by atoms with Crippen LogP contribution in [0.25, 0.3) is 0 Å². The maximum Gasteiger partial charge on any atom is 0.329 e. The summed E-state index contributed by atoms with van der Waals surface area (Å²) in [4.78, 5) is 34.4. The van der Waals surface area contributed by atoms with Crippen LogP contribution >= 0.6 is 0 Å². The third-order valence-electron chi connectivity index (χ3n) is 3.27. The van der Waals surface area contributed by atoms with Gasteiger partial charge in [-0.1, -0.05) is 12.1 Å². The van der Waals surface area contributed by atoms with Crippen LogP contribution in [0.5, 0.6) is 0 Å². The van der Waals surface area contributed by atoms with Gasteiger partial charge < -0.3 is 15.3 Å². The Kier molecular flexibility index (Phi) is 4.85. The summed E-state index contributed by atoms with van der Waals surface area (Å²) < 4.78 is 0. The van der Waals surface area contributed by atoms with Crippen molar-refractivity contribution in [1.29, 1.82) is 0 Å². The lowest BCUT2D eigenvalue weighted by molar-refractivity contribution is -0.383. The molecular weight excluding hydrogens is 278 g/mol. The Bertz CT molecular complexity index is 571. The number of benzene rings is 1. The molecule has 0 heterocycles. The minimum Gasteiger partial charge on any atom is -0.480 e. The van der Waals surface area contributed by atoms with Gasteiger partial charge in [0.1, 0.15) is 11.2 Å². The average Bonchev–Trinajstić information content (AvgIpc) is 2.43. The number of carbonyl (C=O) groups excluding carboxylic acids is 1. The fraction of sp³-hybridized carbons (Fsp3) is 0.385. The normalized spacial score (nSPS) is 10.8. The Labute approximate surface area is 121 Å². The number of nitrogens with zero attached hydrogens (tertiary/aromatic N) is 2. The van der Waals surface area contributed by atoms with Crippen LogP contribution in [0.1, 0.15) is 13.8 Å². The fourth-order valence-electron chi connectivity index (χ4n) is 1.53. The largest absolute Gasteiger partial charge is 0.480 e. The lowest BCUT2D eigenvalue weighted by atomic mass is 10.0. The molecule has 0 spiro atoms. The number of amides is 1. The van der Waals surface area contributed by atoms with Crippen molar-refractivity contribution in [3.63, 3.8) is 0 Å². The first-order chi connectivity index (χ1) is 9.67. The van der Waals surface area contributed by atoms with Gasteiger partial charge >= 0.3 is 5.97 Å². The number of carboxylic acid groups (broad SMARTS) is 1. The number of likely N-dealkylation sites (N-methyl/N-ethyl adjacent to an activating group) is 1. The molecule has 1 rings (SSSR count). The van der Waals surface area contributed by atoms with E-state index in [0.29, 0.717) is 0 Å². The summed E-state index contributed by atoms with van der Waals surface area (Å²) in [5, 5.41) is 22.6. The van der Waals surface area contributed by atoms with Crippen molar-refractivity contribution in [2.45, 2.75) is 19.4 Å². The molecule has 1 amide bonds. The lowest BCUT2D eigenvalue weighted by Crippen LogP contribution is -2.52. The molecule has 0 aliphatic carbocycles. The number of rotatable bonds is 6. The fourth-order valence-corrected chi connectivity index (χ4v) is 1.53. The van der Waals surface area contributed by atoms with Gasteiger partial charge in [0, 0.05) is 13.1 Å². The van der Waals surface area contributed by atoms with E-state index in [-0.39, 0.29) is 17.9 Å². The number of anilines is 1. The number of hydrogen-bond acceptors (Lipinski definition) is 5. The molecule has 0 saturated heterocycles. The molecule has 0 atom stereocenters. The summed E-state index contributed by atoms with van der Waals surface area (Å²) in [5.41, 5.74) is -1.30. The van der Waals surface area contributed by atoms with Gasteiger partial charge in [-0.05, 0) is 19.9 Å². The second-order valence-corrected chi connectivity index (χ2v) is 4.94. The minimum atomic E-state index is -1.36. The Morgan fingerprint density at radius 3 is 2.48 bits per heavy atom. The average molecular weight is 295 g/mol. The third-order valence-corrected chi connectivity index (χ3v) is 3.27. The monoisotopic (exact) mass is 295 g/mol. The summed E-state index contributed by atoms with van der Waals surface area (Å²) in [5.74, 6) is -1.62. The molecule has 0 aromatic heterocycles. The zero-order valence-corrected chi connectivity index (χ0v) is 12.0. The number of carbonyl (C=O) groups is 2. The van der Waals surface area contributed by atoms with Crippen LogP contribution in [0.2, 0.25) is 0 Å². The highest BCUT2D eigenvalue weighted by molar-refractivity contribution is 5.88. The van der Waals surface area contributed by atoms with Gasteiger partial charge in [0.2, 0.25) is 5.91 Å². The molecule has 0 saturated carbocycles. The van der Waals surface area contributed by atoms with Crippen molar-refractivity contribution >= 4 is 23.3 Å². The van der Waals surface area contributed by atoms with Crippen LogP contribution in [-0.4, -0.2) is 45.9 Å². The van der Waals surface area contributed by atoms with Gasteiger partial charge in [-0.3, -0.25) is 14.9 Å². The van der Waals surface area contributed by atoms with Crippen LogP contribution in [0.15, 0.2) is 24.3 Å². The number of aliphatic carboxylic acids is 1. The Balaban J connectivity index is 2.79. The van der Waals surface area contributed by atoms with Crippen molar-refractivity contribution < 1.29 is 19.6 Å². The van der Waals surface area contributed by atoms with Crippen LogP contribution in [0.3, 0.4) is 0 Å². The summed E-state index contributed by atoms with van der Waals surface area (Å²) in [6.07, 6.45) is 0. The highest BCUT2D eigenvalue weighted by Gasteiger charge is 2.35. The molecule has 0 radical (unpaired) electrons. The number of para-hydroxylation sites is 2. The van der Waals surface area contributed by atoms with E-state index in [2.05, 4.69) is 5.32 Å². The van der Waals surface area contributed by atoms with Gasteiger partial charge in [-0.15, -0.1) is 0 Å². The molecule has 0 aliphatic heterocycles. The maximum absolute atomic E-state index is 12.0. The molecule has 21 heavy (non-hydrogen) atoms. The quantitative estimate of drug-likeness (QED) is 0.604. The van der Waals surface area contributed by atoms with Crippen LogP contribution in [-0.2, 0) is 9.59 Å². The molecule has 8 heteroatoms. The number of nitro groups is 1. The van der Waals surface area contributed by atoms with Gasteiger partial charge in [-0.25, -0.2) is 4.79 Å². The molecule has 0 fully saturated rings. The first kappa shape index (κ1) is 16.4. The molecule has 1 aromatic carbocycles. The third kappa shape index (κ3) is 3.68. The second kappa shape index (κ2) is 6.21. The molecule has 8 nitrogen and oxygen atoms in total.